The Morgan fingerprint density at radius 1 is 1.26 bits per heavy atom. The molecule has 0 bridgehead atoms. The third-order valence-corrected chi connectivity index (χ3v) is 3.57. The summed E-state index contributed by atoms with van der Waals surface area (Å²) in [4.78, 5) is 3.68. The molecule has 2 rings (SSSR count). The number of ether oxygens (including phenoxy) is 2. The maximum Gasteiger partial charge on any atom is 0.444 e. The van der Waals surface area contributed by atoms with Crippen molar-refractivity contribution in [3.8, 4) is 11.5 Å². The fourth-order valence-electron chi connectivity index (χ4n) is 2.11. The quantitative estimate of drug-likeness (QED) is 0.390. The van der Waals surface area contributed by atoms with Gasteiger partial charge < -0.3 is 9.47 Å². The third kappa shape index (κ3) is 5.82. The largest absolute Gasteiger partial charge is 0.460 e. The number of hydrogen-bond donors (Lipinski definition) is 0. The summed E-state index contributed by atoms with van der Waals surface area (Å²) < 4.78 is 75.7. The van der Waals surface area contributed by atoms with Gasteiger partial charge in [0.2, 0.25) is 0 Å². The number of nitrogens with zero attached hydrogens (tertiary/aromatic N) is 1. The van der Waals surface area contributed by atoms with E-state index in [1.165, 1.54) is 12.3 Å². The second kappa shape index (κ2) is 9.03. The highest BCUT2D eigenvalue weighted by Crippen LogP contribution is 2.36. The summed E-state index contributed by atoms with van der Waals surface area (Å²) >= 11 is 5.75. The molecule has 0 radical (unpaired) electrons. The van der Waals surface area contributed by atoms with Crippen molar-refractivity contribution in [1.82, 2.24) is 4.98 Å². The van der Waals surface area contributed by atoms with Gasteiger partial charge in [-0.15, -0.1) is 0 Å². The standard InChI is InChI=1S/C18H15ClF5NO2/c1-2-3-11-4-5-15(25-10-11)18(23,24)27-12-8-13(19)17(14(20)9-12)26-7-6-16(21)22/h4-10,16H,2-3H2,1H3/b7-6+. The van der Waals surface area contributed by atoms with Crippen molar-refractivity contribution in [2.75, 3.05) is 0 Å². The van der Waals surface area contributed by atoms with Gasteiger partial charge in [0.1, 0.15) is 5.75 Å². The number of allylic oxidation sites excluding steroid dienone is 1. The molecule has 0 aliphatic heterocycles. The highest BCUT2D eigenvalue weighted by molar-refractivity contribution is 6.32. The molecule has 27 heavy (non-hydrogen) atoms. The van der Waals surface area contributed by atoms with Crippen LogP contribution in [0.5, 0.6) is 11.5 Å². The Labute approximate surface area is 157 Å². The molecular weight excluding hydrogens is 393 g/mol. The van der Waals surface area contributed by atoms with Crippen LogP contribution in [0.4, 0.5) is 22.0 Å². The molecule has 0 amide bonds. The van der Waals surface area contributed by atoms with Gasteiger partial charge in [0.05, 0.1) is 11.3 Å². The van der Waals surface area contributed by atoms with Crippen LogP contribution < -0.4 is 9.47 Å². The van der Waals surface area contributed by atoms with E-state index in [-0.39, 0.29) is 0 Å². The van der Waals surface area contributed by atoms with Crippen LogP contribution in [0.15, 0.2) is 42.8 Å². The number of halogens is 6. The Bertz CT molecular complexity index is 774. The first-order valence-electron chi connectivity index (χ1n) is 7.85. The highest BCUT2D eigenvalue weighted by Gasteiger charge is 2.36. The van der Waals surface area contributed by atoms with Crippen molar-refractivity contribution in [3.63, 3.8) is 0 Å². The summed E-state index contributed by atoms with van der Waals surface area (Å²) in [6.07, 6.45) is -2.87. The topological polar surface area (TPSA) is 31.4 Å². The van der Waals surface area contributed by atoms with E-state index in [9.17, 15) is 22.0 Å². The minimum atomic E-state index is -3.83. The van der Waals surface area contributed by atoms with E-state index in [0.717, 1.165) is 24.1 Å². The lowest BCUT2D eigenvalue weighted by atomic mass is 10.1. The van der Waals surface area contributed by atoms with Crippen LogP contribution in [0.2, 0.25) is 5.02 Å². The SMILES string of the molecule is CCCc1ccc(C(F)(F)Oc2cc(F)c(O/C=C/C(F)F)c(Cl)c2)nc1. The normalized spacial score (nSPS) is 12.0. The zero-order valence-electron chi connectivity index (χ0n) is 14.1. The van der Waals surface area contributed by atoms with Gasteiger partial charge in [-0.05, 0) is 18.1 Å². The van der Waals surface area contributed by atoms with Crippen LogP contribution in [-0.2, 0) is 12.5 Å². The Balaban J connectivity index is 2.18. The molecule has 0 aliphatic carbocycles. The van der Waals surface area contributed by atoms with Gasteiger partial charge in [-0.3, -0.25) is 4.98 Å². The van der Waals surface area contributed by atoms with Crippen LogP contribution in [0.1, 0.15) is 24.6 Å². The van der Waals surface area contributed by atoms with Crippen molar-refractivity contribution in [3.05, 3.63) is 64.9 Å². The van der Waals surface area contributed by atoms with Gasteiger partial charge in [-0.25, -0.2) is 13.2 Å². The van der Waals surface area contributed by atoms with Crippen LogP contribution in [-0.4, -0.2) is 11.4 Å². The lowest BCUT2D eigenvalue weighted by Gasteiger charge is -2.18. The number of pyridine rings is 1. The van der Waals surface area contributed by atoms with E-state index in [4.69, 9.17) is 11.6 Å². The summed E-state index contributed by atoms with van der Waals surface area (Å²) in [5, 5.41) is -0.425. The van der Waals surface area contributed by atoms with Crippen LogP contribution in [0.3, 0.4) is 0 Å². The van der Waals surface area contributed by atoms with E-state index in [1.807, 2.05) is 6.92 Å². The molecule has 2 aromatic rings. The molecular formula is C18H15ClF5NO2. The number of benzene rings is 1. The van der Waals surface area contributed by atoms with Crippen molar-refractivity contribution in [1.29, 1.82) is 0 Å². The second-order valence-electron chi connectivity index (χ2n) is 5.42. The Kier molecular flexibility index (Phi) is 7.01. The summed E-state index contributed by atoms with van der Waals surface area (Å²) in [5.41, 5.74) is 0.142. The third-order valence-electron chi connectivity index (χ3n) is 3.29. The average Bonchev–Trinajstić information content (AvgIpc) is 2.57. The van der Waals surface area contributed by atoms with Gasteiger partial charge in [0.25, 0.3) is 6.43 Å². The summed E-state index contributed by atoms with van der Waals surface area (Å²) in [7, 11) is 0. The van der Waals surface area contributed by atoms with Gasteiger partial charge in [-0.2, -0.15) is 8.78 Å². The van der Waals surface area contributed by atoms with Crippen molar-refractivity contribution < 1.29 is 31.4 Å². The highest BCUT2D eigenvalue weighted by atomic mass is 35.5. The number of alkyl halides is 4. The lowest BCUT2D eigenvalue weighted by molar-refractivity contribution is -0.188. The first-order valence-corrected chi connectivity index (χ1v) is 8.23. The van der Waals surface area contributed by atoms with Crippen LogP contribution in [0, 0.1) is 5.82 Å². The van der Waals surface area contributed by atoms with Crippen molar-refractivity contribution >= 4 is 11.6 Å². The Morgan fingerprint density at radius 2 is 2.00 bits per heavy atom. The van der Waals surface area contributed by atoms with Gasteiger partial charge in [-0.1, -0.05) is 31.0 Å². The second-order valence-corrected chi connectivity index (χ2v) is 5.82. The Hall–Kier alpha value is -2.35. The lowest BCUT2D eigenvalue weighted by Crippen LogP contribution is -2.23. The Morgan fingerprint density at radius 3 is 2.56 bits per heavy atom. The van der Waals surface area contributed by atoms with E-state index in [1.54, 1.807) is 0 Å². The molecule has 0 N–H and O–H groups in total. The van der Waals surface area contributed by atoms with Crippen molar-refractivity contribution in [2.45, 2.75) is 32.3 Å². The van der Waals surface area contributed by atoms with E-state index in [0.29, 0.717) is 24.8 Å². The molecule has 146 valence electrons. The summed E-state index contributed by atoms with van der Waals surface area (Å²) in [6, 6.07) is 4.12. The van der Waals surface area contributed by atoms with E-state index < -0.39 is 40.6 Å². The smallest absolute Gasteiger partial charge is 0.444 e. The monoisotopic (exact) mass is 407 g/mol. The molecule has 0 unspecified atom stereocenters. The average molecular weight is 408 g/mol. The molecule has 1 heterocycles. The van der Waals surface area contributed by atoms with E-state index >= 15 is 0 Å². The maximum atomic E-state index is 14.2. The fourth-order valence-corrected chi connectivity index (χ4v) is 2.35. The van der Waals surface area contributed by atoms with Crippen molar-refractivity contribution in [2.24, 2.45) is 0 Å². The molecule has 0 saturated heterocycles. The molecule has 0 aliphatic rings. The summed E-state index contributed by atoms with van der Waals surface area (Å²) in [6.45, 7) is 1.95. The molecule has 0 atom stereocenters. The molecule has 0 saturated carbocycles. The fraction of sp³-hybridized carbons (Fsp3) is 0.278. The number of aromatic nitrogens is 1. The first-order chi connectivity index (χ1) is 12.7. The molecule has 9 heteroatoms. The van der Waals surface area contributed by atoms with E-state index in [2.05, 4.69) is 14.5 Å². The zero-order valence-corrected chi connectivity index (χ0v) is 14.8. The predicted molar refractivity (Wildman–Crippen MR) is 89.9 cm³/mol. The van der Waals surface area contributed by atoms with Gasteiger partial charge in [0.15, 0.2) is 17.3 Å². The first kappa shape index (κ1) is 21.0. The minimum Gasteiger partial charge on any atom is -0.460 e. The predicted octanol–water partition coefficient (Wildman–Crippen LogP) is 6.11. The number of aryl methyl sites for hydroxylation is 1. The molecule has 0 fully saturated rings. The molecule has 3 nitrogen and oxygen atoms in total. The van der Waals surface area contributed by atoms with Gasteiger partial charge in [0, 0.05) is 24.4 Å². The molecule has 1 aromatic carbocycles. The van der Waals surface area contributed by atoms with Crippen LogP contribution >= 0.6 is 11.6 Å². The van der Waals surface area contributed by atoms with Crippen LogP contribution in [0.25, 0.3) is 0 Å². The zero-order chi connectivity index (χ0) is 20.0. The molecule has 1 aromatic heterocycles. The minimum absolute atomic E-state index is 0.363. The van der Waals surface area contributed by atoms with Gasteiger partial charge >= 0.3 is 6.11 Å². The molecule has 0 spiro atoms. The number of hydrogen-bond acceptors (Lipinski definition) is 3. The summed E-state index contributed by atoms with van der Waals surface area (Å²) in [5.74, 6) is -2.32. The number of rotatable bonds is 8. The maximum absolute atomic E-state index is 14.2.